The zero-order valence-electron chi connectivity index (χ0n) is 16.6. The molecule has 3 aromatic rings. The van der Waals surface area contributed by atoms with Crippen LogP contribution in [0.1, 0.15) is 39.2 Å². The van der Waals surface area contributed by atoms with Crippen LogP contribution in [0.25, 0.3) is 22.2 Å². The summed E-state index contributed by atoms with van der Waals surface area (Å²) in [6.07, 6.45) is 3.25. The Morgan fingerprint density at radius 2 is 1.79 bits per heavy atom. The van der Waals surface area contributed by atoms with E-state index in [1.54, 1.807) is 6.07 Å². The third kappa shape index (κ3) is 3.44. The minimum atomic E-state index is -0.248. The van der Waals surface area contributed by atoms with E-state index in [9.17, 15) is 15.0 Å². The Bertz CT molecular complexity index is 1070. The molecule has 0 bridgehead atoms. The number of benzene rings is 2. The number of hydrogen-bond acceptors (Lipinski definition) is 4. The maximum Gasteiger partial charge on any atom is 0.319 e. The lowest BCUT2D eigenvalue weighted by molar-refractivity contribution is 0.250. The summed E-state index contributed by atoms with van der Waals surface area (Å²) >= 11 is 0. The lowest BCUT2D eigenvalue weighted by Gasteiger charge is -2.30. The van der Waals surface area contributed by atoms with Crippen LogP contribution < -0.4 is 16.4 Å². The van der Waals surface area contributed by atoms with Gasteiger partial charge in [-0.3, -0.25) is 0 Å². The number of rotatable bonds is 4. The SMILES string of the molecule is CC(C)NC(=O)Nc1ccc(-c2c(N)c3cc(O)c(O)cc3n2C2CCC2)cc1. The maximum atomic E-state index is 11.9. The number of nitrogen functional groups attached to an aromatic ring is 1. The summed E-state index contributed by atoms with van der Waals surface area (Å²) in [5.41, 5.74) is 10.3. The van der Waals surface area contributed by atoms with Gasteiger partial charge < -0.3 is 31.1 Å². The van der Waals surface area contributed by atoms with Crippen LogP contribution in [0.15, 0.2) is 36.4 Å². The Balaban J connectivity index is 1.75. The number of aromatic nitrogens is 1. The Hall–Kier alpha value is -3.35. The number of nitrogens with two attached hydrogens (primary N) is 1. The highest BCUT2D eigenvalue weighted by molar-refractivity contribution is 6.02. The first kappa shape index (κ1) is 19.0. The maximum absolute atomic E-state index is 11.9. The average molecular weight is 394 g/mol. The minimum Gasteiger partial charge on any atom is -0.504 e. The van der Waals surface area contributed by atoms with Crippen molar-refractivity contribution in [3.8, 4) is 22.8 Å². The number of phenolic OH excluding ortho intramolecular Hbond substituents is 2. The molecule has 0 aliphatic heterocycles. The lowest BCUT2D eigenvalue weighted by Crippen LogP contribution is -2.34. The van der Waals surface area contributed by atoms with Crippen molar-refractivity contribution >= 4 is 28.3 Å². The Morgan fingerprint density at radius 3 is 2.38 bits per heavy atom. The van der Waals surface area contributed by atoms with E-state index in [2.05, 4.69) is 15.2 Å². The highest BCUT2D eigenvalue weighted by Crippen LogP contribution is 2.46. The molecule has 0 atom stereocenters. The van der Waals surface area contributed by atoms with E-state index in [4.69, 9.17) is 5.73 Å². The molecule has 7 nitrogen and oxygen atoms in total. The van der Waals surface area contributed by atoms with E-state index in [0.29, 0.717) is 17.4 Å². The van der Waals surface area contributed by atoms with Gasteiger partial charge in [-0.05, 0) is 51.3 Å². The van der Waals surface area contributed by atoms with E-state index in [0.717, 1.165) is 41.4 Å². The normalized spacial score (nSPS) is 14.2. The van der Waals surface area contributed by atoms with E-state index < -0.39 is 0 Å². The van der Waals surface area contributed by atoms with E-state index in [1.165, 1.54) is 6.07 Å². The van der Waals surface area contributed by atoms with Crippen molar-refractivity contribution in [3.05, 3.63) is 36.4 Å². The summed E-state index contributed by atoms with van der Waals surface area (Å²) in [6.45, 7) is 3.81. The molecule has 2 aromatic carbocycles. The van der Waals surface area contributed by atoms with Gasteiger partial charge in [-0.15, -0.1) is 0 Å². The van der Waals surface area contributed by atoms with Crippen molar-refractivity contribution < 1.29 is 15.0 Å². The molecule has 4 rings (SSSR count). The Labute approximate surface area is 169 Å². The fraction of sp³-hybridized carbons (Fsp3) is 0.318. The van der Waals surface area contributed by atoms with Crippen molar-refractivity contribution in [2.75, 3.05) is 11.1 Å². The minimum absolute atomic E-state index is 0.0556. The number of fused-ring (bicyclic) bond motifs is 1. The molecule has 1 saturated carbocycles. The number of phenols is 2. The first-order valence-electron chi connectivity index (χ1n) is 9.88. The topological polar surface area (TPSA) is 113 Å². The van der Waals surface area contributed by atoms with Crippen molar-refractivity contribution in [2.24, 2.45) is 0 Å². The largest absolute Gasteiger partial charge is 0.504 e. The molecule has 0 spiro atoms. The second-order valence-electron chi connectivity index (χ2n) is 7.91. The summed E-state index contributed by atoms with van der Waals surface area (Å²) in [5, 5.41) is 26.3. The Kier molecular flexibility index (Phi) is 4.74. The quantitative estimate of drug-likeness (QED) is 0.418. The molecule has 152 valence electrons. The van der Waals surface area contributed by atoms with Crippen LogP contribution in [-0.2, 0) is 0 Å². The van der Waals surface area contributed by atoms with E-state index in [-0.39, 0.29) is 23.6 Å². The molecule has 0 saturated heterocycles. The molecule has 1 aliphatic carbocycles. The molecule has 0 radical (unpaired) electrons. The molecule has 1 aliphatic rings. The number of anilines is 2. The number of nitrogens with one attached hydrogen (secondary N) is 2. The molecule has 1 aromatic heterocycles. The van der Waals surface area contributed by atoms with Crippen LogP contribution in [0.5, 0.6) is 11.5 Å². The van der Waals surface area contributed by atoms with Gasteiger partial charge >= 0.3 is 6.03 Å². The third-order valence-electron chi connectivity index (χ3n) is 5.41. The molecule has 1 fully saturated rings. The zero-order valence-corrected chi connectivity index (χ0v) is 16.6. The fourth-order valence-corrected chi connectivity index (χ4v) is 3.82. The van der Waals surface area contributed by atoms with Gasteiger partial charge in [0.2, 0.25) is 0 Å². The smallest absolute Gasteiger partial charge is 0.319 e. The summed E-state index contributed by atoms with van der Waals surface area (Å²) in [6, 6.07) is 10.7. The van der Waals surface area contributed by atoms with Gasteiger partial charge in [0.25, 0.3) is 0 Å². The standard InChI is InChI=1S/C22H26N4O3/c1-12(2)24-22(29)25-14-8-6-13(7-9-14)21-20(23)16-10-18(27)19(28)11-17(16)26(21)15-4-3-5-15/h6-12,15,27-28H,3-5,23H2,1-2H3,(H2,24,25,29). The van der Waals surface area contributed by atoms with Crippen LogP contribution in [0.3, 0.4) is 0 Å². The first-order chi connectivity index (χ1) is 13.8. The van der Waals surface area contributed by atoms with Crippen LogP contribution in [0, 0.1) is 0 Å². The number of amides is 2. The molecule has 6 N–H and O–H groups in total. The van der Waals surface area contributed by atoms with Gasteiger partial charge in [0.15, 0.2) is 11.5 Å². The highest BCUT2D eigenvalue weighted by Gasteiger charge is 2.27. The third-order valence-corrected chi connectivity index (χ3v) is 5.41. The predicted octanol–water partition coefficient (Wildman–Crippen LogP) is 4.56. The summed E-state index contributed by atoms with van der Waals surface area (Å²) in [5.74, 6) is -0.338. The molecular weight excluding hydrogens is 368 g/mol. The van der Waals surface area contributed by atoms with Gasteiger partial charge in [0.05, 0.1) is 16.9 Å². The zero-order chi connectivity index (χ0) is 20.7. The number of carbonyl (C=O) groups is 1. The van der Waals surface area contributed by atoms with Crippen molar-refractivity contribution in [1.29, 1.82) is 0 Å². The number of aromatic hydroxyl groups is 2. The lowest BCUT2D eigenvalue weighted by atomic mass is 9.92. The van der Waals surface area contributed by atoms with Gasteiger partial charge in [-0.2, -0.15) is 0 Å². The number of nitrogens with zero attached hydrogens (tertiary/aromatic N) is 1. The van der Waals surface area contributed by atoms with Gasteiger partial charge in [0.1, 0.15) is 0 Å². The van der Waals surface area contributed by atoms with Gasteiger partial charge in [-0.1, -0.05) is 12.1 Å². The highest BCUT2D eigenvalue weighted by atomic mass is 16.3. The summed E-state index contributed by atoms with van der Waals surface area (Å²) in [4.78, 5) is 11.9. The number of urea groups is 1. The van der Waals surface area contributed by atoms with Crippen LogP contribution >= 0.6 is 0 Å². The molecule has 0 unspecified atom stereocenters. The molecule has 7 heteroatoms. The average Bonchev–Trinajstić information content (AvgIpc) is 2.86. The van der Waals surface area contributed by atoms with Crippen LogP contribution in [0.2, 0.25) is 0 Å². The molecule has 1 heterocycles. The monoisotopic (exact) mass is 394 g/mol. The molecular formula is C22H26N4O3. The van der Waals surface area contributed by atoms with E-state index >= 15 is 0 Å². The second-order valence-corrected chi connectivity index (χ2v) is 7.91. The van der Waals surface area contributed by atoms with Crippen LogP contribution in [-0.4, -0.2) is 26.9 Å². The second kappa shape index (κ2) is 7.24. The molecule has 2 amide bonds. The predicted molar refractivity (Wildman–Crippen MR) is 115 cm³/mol. The molecule has 29 heavy (non-hydrogen) atoms. The van der Waals surface area contributed by atoms with Crippen molar-refractivity contribution in [2.45, 2.75) is 45.2 Å². The van der Waals surface area contributed by atoms with E-state index in [1.807, 2.05) is 38.1 Å². The van der Waals surface area contributed by atoms with Crippen molar-refractivity contribution in [1.82, 2.24) is 9.88 Å². The summed E-state index contributed by atoms with van der Waals surface area (Å²) in [7, 11) is 0. The van der Waals surface area contributed by atoms with Crippen LogP contribution in [0.4, 0.5) is 16.2 Å². The van der Waals surface area contributed by atoms with Crippen molar-refractivity contribution in [3.63, 3.8) is 0 Å². The number of hydrogen-bond donors (Lipinski definition) is 5. The first-order valence-corrected chi connectivity index (χ1v) is 9.88. The Morgan fingerprint density at radius 1 is 1.14 bits per heavy atom. The summed E-state index contributed by atoms with van der Waals surface area (Å²) < 4.78 is 2.17. The fourth-order valence-electron chi connectivity index (χ4n) is 3.82. The van der Waals surface area contributed by atoms with Gasteiger partial charge in [0, 0.05) is 34.8 Å². The number of carbonyl (C=O) groups excluding carboxylic acids is 1. The van der Waals surface area contributed by atoms with Gasteiger partial charge in [-0.25, -0.2) is 4.79 Å².